The predicted molar refractivity (Wildman–Crippen MR) is 84.2 cm³/mol. The summed E-state index contributed by atoms with van der Waals surface area (Å²) in [5.41, 5.74) is 5.36. The van der Waals surface area contributed by atoms with Crippen molar-refractivity contribution in [3.63, 3.8) is 0 Å². The number of benzene rings is 1. The largest absolute Gasteiger partial charge is 0.466 e. The van der Waals surface area contributed by atoms with E-state index in [1.807, 2.05) is 6.92 Å². The Morgan fingerprint density at radius 3 is 2.30 bits per heavy atom. The first-order valence-electron chi connectivity index (χ1n) is 7.39. The highest BCUT2D eigenvalue weighted by molar-refractivity contribution is 5.36. The highest BCUT2D eigenvalue weighted by Crippen LogP contribution is 2.29. The average Bonchev–Trinajstić information content (AvgIpc) is 2.65. The molecule has 0 saturated carbocycles. The molecule has 1 aromatic heterocycles. The second-order valence-electron chi connectivity index (χ2n) is 5.49. The third-order valence-electron chi connectivity index (χ3n) is 4.10. The molecule has 0 fully saturated rings. The number of rotatable bonds is 5. The van der Waals surface area contributed by atoms with Crippen LogP contribution >= 0.6 is 0 Å². The Hall–Kier alpha value is -1.54. The fourth-order valence-corrected chi connectivity index (χ4v) is 2.90. The van der Waals surface area contributed by atoms with E-state index in [9.17, 15) is 0 Å². The molecule has 0 spiro atoms. The van der Waals surface area contributed by atoms with Gasteiger partial charge in [-0.05, 0) is 57.4 Å². The predicted octanol–water partition coefficient (Wildman–Crippen LogP) is 4.41. The van der Waals surface area contributed by atoms with E-state index in [4.69, 9.17) is 4.42 Å². The summed E-state index contributed by atoms with van der Waals surface area (Å²) in [6.07, 6.45) is 1.00. The number of aryl methyl sites for hydroxylation is 3. The average molecular weight is 271 g/mol. The topological polar surface area (TPSA) is 25.2 Å². The van der Waals surface area contributed by atoms with Gasteiger partial charge in [0.15, 0.2) is 0 Å². The molecule has 2 rings (SSSR count). The summed E-state index contributed by atoms with van der Waals surface area (Å²) in [6, 6.07) is 8.93. The van der Waals surface area contributed by atoms with E-state index in [1.54, 1.807) is 0 Å². The first kappa shape index (κ1) is 14.9. The summed E-state index contributed by atoms with van der Waals surface area (Å²) < 4.78 is 5.80. The van der Waals surface area contributed by atoms with Crippen molar-refractivity contribution in [2.75, 3.05) is 6.54 Å². The maximum Gasteiger partial charge on any atom is 0.106 e. The molecule has 0 radical (unpaired) electrons. The minimum Gasteiger partial charge on any atom is -0.466 e. The molecular weight excluding hydrogens is 246 g/mol. The Kier molecular flexibility index (Phi) is 4.66. The molecule has 0 amide bonds. The van der Waals surface area contributed by atoms with Crippen LogP contribution in [0.3, 0.4) is 0 Å². The molecule has 1 atom stereocenters. The molecular formula is C18H25NO. The van der Waals surface area contributed by atoms with Gasteiger partial charge < -0.3 is 9.73 Å². The maximum atomic E-state index is 5.80. The van der Waals surface area contributed by atoms with Crippen molar-refractivity contribution in [2.45, 2.75) is 47.1 Å². The Balaban J connectivity index is 2.34. The van der Waals surface area contributed by atoms with Crippen LogP contribution in [0.5, 0.6) is 0 Å². The van der Waals surface area contributed by atoms with E-state index < -0.39 is 0 Å². The number of hydrogen-bond acceptors (Lipinski definition) is 2. The molecule has 0 aliphatic rings. The Bertz CT molecular complexity index is 583. The monoisotopic (exact) mass is 271 g/mol. The SMILES string of the molecule is CCNC(Cc1ccccc1C)c1c(C)oc(C)c1C. The molecule has 1 unspecified atom stereocenters. The van der Waals surface area contributed by atoms with Gasteiger partial charge in [0.2, 0.25) is 0 Å². The highest BCUT2D eigenvalue weighted by atomic mass is 16.3. The lowest BCUT2D eigenvalue weighted by Crippen LogP contribution is -2.24. The van der Waals surface area contributed by atoms with Crippen molar-refractivity contribution in [1.82, 2.24) is 5.32 Å². The van der Waals surface area contributed by atoms with E-state index in [-0.39, 0.29) is 0 Å². The highest BCUT2D eigenvalue weighted by Gasteiger charge is 2.21. The lowest BCUT2D eigenvalue weighted by atomic mass is 9.94. The summed E-state index contributed by atoms with van der Waals surface area (Å²) in [6.45, 7) is 11.6. The number of furan rings is 1. The Morgan fingerprint density at radius 1 is 1.05 bits per heavy atom. The third-order valence-corrected chi connectivity index (χ3v) is 4.10. The summed E-state index contributed by atoms with van der Waals surface area (Å²) in [5.74, 6) is 2.07. The van der Waals surface area contributed by atoms with Gasteiger partial charge in [0, 0.05) is 11.6 Å². The van der Waals surface area contributed by atoms with Crippen molar-refractivity contribution < 1.29 is 4.42 Å². The number of nitrogens with one attached hydrogen (secondary N) is 1. The minimum absolute atomic E-state index is 0.318. The number of likely N-dealkylation sites (N-methyl/N-ethyl adjacent to an activating group) is 1. The van der Waals surface area contributed by atoms with Crippen molar-refractivity contribution in [3.05, 3.63) is 58.0 Å². The van der Waals surface area contributed by atoms with Gasteiger partial charge in [-0.25, -0.2) is 0 Å². The van der Waals surface area contributed by atoms with Gasteiger partial charge in [-0.1, -0.05) is 31.2 Å². The molecule has 0 aliphatic heterocycles. The lowest BCUT2D eigenvalue weighted by Gasteiger charge is -2.20. The fourth-order valence-electron chi connectivity index (χ4n) is 2.90. The van der Waals surface area contributed by atoms with Crippen molar-refractivity contribution >= 4 is 0 Å². The smallest absolute Gasteiger partial charge is 0.106 e. The third kappa shape index (κ3) is 2.96. The minimum atomic E-state index is 0.318. The van der Waals surface area contributed by atoms with Crippen LogP contribution in [0.4, 0.5) is 0 Å². The molecule has 108 valence electrons. The van der Waals surface area contributed by atoms with Crippen LogP contribution in [0.15, 0.2) is 28.7 Å². The summed E-state index contributed by atoms with van der Waals surface area (Å²) in [4.78, 5) is 0. The zero-order chi connectivity index (χ0) is 14.7. The van der Waals surface area contributed by atoms with Crippen LogP contribution in [-0.2, 0) is 6.42 Å². The van der Waals surface area contributed by atoms with E-state index >= 15 is 0 Å². The first-order valence-corrected chi connectivity index (χ1v) is 7.39. The summed E-state index contributed by atoms with van der Waals surface area (Å²) >= 11 is 0. The molecule has 1 aromatic carbocycles. The molecule has 2 nitrogen and oxygen atoms in total. The van der Waals surface area contributed by atoms with E-state index in [2.05, 4.69) is 57.3 Å². The van der Waals surface area contributed by atoms with Crippen LogP contribution < -0.4 is 5.32 Å². The molecule has 0 saturated heterocycles. The van der Waals surface area contributed by atoms with Gasteiger partial charge in [-0.2, -0.15) is 0 Å². The van der Waals surface area contributed by atoms with Gasteiger partial charge in [0.05, 0.1) is 0 Å². The van der Waals surface area contributed by atoms with Crippen molar-refractivity contribution in [3.8, 4) is 0 Å². The number of hydrogen-bond donors (Lipinski definition) is 1. The molecule has 0 aliphatic carbocycles. The van der Waals surface area contributed by atoms with Gasteiger partial charge in [-0.3, -0.25) is 0 Å². The maximum absolute atomic E-state index is 5.80. The zero-order valence-electron chi connectivity index (χ0n) is 13.2. The Morgan fingerprint density at radius 2 is 1.75 bits per heavy atom. The van der Waals surface area contributed by atoms with E-state index in [0.717, 1.165) is 24.5 Å². The van der Waals surface area contributed by atoms with Gasteiger partial charge in [0.25, 0.3) is 0 Å². The Labute approximate surface area is 122 Å². The summed E-state index contributed by atoms with van der Waals surface area (Å²) in [5, 5.41) is 3.61. The molecule has 20 heavy (non-hydrogen) atoms. The second kappa shape index (κ2) is 6.27. The van der Waals surface area contributed by atoms with Crippen LogP contribution in [-0.4, -0.2) is 6.54 Å². The van der Waals surface area contributed by atoms with Crippen molar-refractivity contribution in [2.24, 2.45) is 0 Å². The second-order valence-corrected chi connectivity index (χ2v) is 5.49. The normalized spacial score (nSPS) is 12.7. The van der Waals surface area contributed by atoms with Gasteiger partial charge in [0.1, 0.15) is 11.5 Å². The zero-order valence-corrected chi connectivity index (χ0v) is 13.2. The molecule has 2 aromatic rings. The molecule has 1 heterocycles. The van der Waals surface area contributed by atoms with Gasteiger partial charge in [-0.15, -0.1) is 0 Å². The van der Waals surface area contributed by atoms with Crippen LogP contribution in [0, 0.1) is 27.7 Å². The van der Waals surface area contributed by atoms with Gasteiger partial charge >= 0.3 is 0 Å². The first-order chi connectivity index (χ1) is 9.54. The van der Waals surface area contributed by atoms with Crippen LogP contribution in [0.2, 0.25) is 0 Å². The standard InChI is InChI=1S/C18H25NO/c1-6-19-17(11-16-10-8-7-9-12(16)2)18-13(3)14(4)20-15(18)5/h7-10,17,19H,6,11H2,1-5H3. The lowest BCUT2D eigenvalue weighted by molar-refractivity contribution is 0.484. The van der Waals surface area contributed by atoms with Crippen molar-refractivity contribution in [1.29, 1.82) is 0 Å². The van der Waals surface area contributed by atoms with E-state index in [0.29, 0.717) is 6.04 Å². The molecule has 2 heteroatoms. The molecule has 0 bridgehead atoms. The fraction of sp³-hybridized carbons (Fsp3) is 0.444. The van der Waals surface area contributed by atoms with Crippen LogP contribution in [0.25, 0.3) is 0 Å². The van der Waals surface area contributed by atoms with Crippen LogP contribution in [0.1, 0.15) is 46.7 Å². The van der Waals surface area contributed by atoms with E-state index in [1.165, 1.54) is 22.3 Å². The molecule has 1 N–H and O–H groups in total. The summed E-state index contributed by atoms with van der Waals surface area (Å²) in [7, 11) is 0. The quantitative estimate of drug-likeness (QED) is 0.871.